The van der Waals surface area contributed by atoms with Gasteiger partial charge in [-0.3, -0.25) is 9.59 Å². The van der Waals surface area contributed by atoms with Gasteiger partial charge in [0.25, 0.3) is 10.2 Å². The lowest BCUT2D eigenvalue weighted by Crippen LogP contribution is -2.59. The van der Waals surface area contributed by atoms with Crippen molar-refractivity contribution in [3.63, 3.8) is 0 Å². The normalized spacial score (nSPS) is 21.4. The fourth-order valence-electron chi connectivity index (χ4n) is 1.91. The summed E-state index contributed by atoms with van der Waals surface area (Å²) < 4.78 is 26.7. The number of nitrogens with one attached hydrogen (secondary N) is 1. The van der Waals surface area contributed by atoms with Gasteiger partial charge in [-0.05, 0) is 6.42 Å². The highest BCUT2D eigenvalue weighted by atomic mass is 32.2. The Kier molecular flexibility index (Phi) is 5.27. The van der Waals surface area contributed by atoms with E-state index in [1.807, 2.05) is 0 Å². The zero-order valence-electron chi connectivity index (χ0n) is 11.0. The molecule has 0 bridgehead atoms. The van der Waals surface area contributed by atoms with E-state index in [1.54, 1.807) is 6.92 Å². The third kappa shape index (κ3) is 3.64. The molecule has 1 atom stereocenters. The summed E-state index contributed by atoms with van der Waals surface area (Å²) in [6, 6.07) is -0.731. The van der Waals surface area contributed by atoms with Crippen LogP contribution >= 0.6 is 0 Å². The predicted molar refractivity (Wildman–Crippen MR) is 67.6 cm³/mol. The van der Waals surface area contributed by atoms with Crippen molar-refractivity contribution in [2.24, 2.45) is 0 Å². The van der Waals surface area contributed by atoms with Crippen LogP contribution in [0.3, 0.4) is 0 Å². The number of hydrogen-bond acceptors (Lipinski definition) is 4. The maximum atomic E-state index is 12.3. The number of aliphatic carboxylic acids is 1. The first-order valence-electron chi connectivity index (χ1n) is 6.03. The van der Waals surface area contributed by atoms with Crippen molar-refractivity contribution in [3.8, 4) is 0 Å². The van der Waals surface area contributed by atoms with Crippen molar-refractivity contribution in [3.05, 3.63) is 0 Å². The van der Waals surface area contributed by atoms with Gasteiger partial charge in [0.05, 0.1) is 6.42 Å². The molecule has 2 N–H and O–H groups in total. The molecule has 1 amide bonds. The van der Waals surface area contributed by atoms with Gasteiger partial charge in [-0.2, -0.15) is 17.0 Å². The van der Waals surface area contributed by atoms with Gasteiger partial charge in [0.2, 0.25) is 5.91 Å². The molecule has 1 fully saturated rings. The third-order valence-electron chi connectivity index (χ3n) is 3.00. The zero-order valence-corrected chi connectivity index (χ0v) is 11.8. The first kappa shape index (κ1) is 15.9. The Morgan fingerprint density at radius 3 is 2.74 bits per heavy atom. The third-order valence-corrected chi connectivity index (χ3v) is 5.00. The number of hydrogen-bond donors (Lipinski definition) is 2. The molecular weight excluding hydrogens is 274 g/mol. The summed E-state index contributed by atoms with van der Waals surface area (Å²) in [5, 5.41) is 11.2. The van der Waals surface area contributed by atoms with E-state index in [9.17, 15) is 18.0 Å². The average Bonchev–Trinajstić information content (AvgIpc) is 2.35. The molecule has 0 aromatic rings. The quantitative estimate of drug-likeness (QED) is 0.643. The fraction of sp³-hybridized carbons (Fsp3) is 0.800. The molecule has 110 valence electrons. The Bertz CT molecular complexity index is 450. The largest absolute Gasteiger partial charge is 0.481 e. The van der Waals surface area contributed by atoms with Crippen molar-refractivity contribution in [2.75, 3.05) is 26.7 Å². The fourth-order valence-corrected chi connectivity index (χ4v) is 3.47. The summed E-state index contributed by atoms with van der Waals surface area (Å²) in [4.78, 5) is 22.1. The number of nitrogens with zero attached hydrogens (tertiary/aromatic N) is 2. The summed E-state index contributed by atoms with van der Waals surface area (Å²) in [7, 11) is -2.49. The number of carboxylic acid groups (broad SMARTS) is 1. The van der Waals surface area contributed by atoms with Gasteiger partial charge < -0.3 is 10.4 Å². The van der Waals surface area contributed by atoms with E-state index in [0.717, 1.165) is 8.61 Å². The lowest BCUT2D eigenvalue weighted by Gasteiger charge is -2.35. The highest BCUT2D eigenvalue weighted by Gasteiger charge is 2.38. The molecule has 1 heterocycles. The number of carbonyl (C=O) groups excluding carboxylic acids is 1. The number of carbonyl (C=O) groups is 2. The lowest BCUT2D eigenvalue weighted by atomic mass is 10.2. The van der Waals surface area contributed by atoms with Gasteiger partial charge in [0.1, 0.15) is 6.04 Å². The summed E-state index contributed by atoms with van der Waals surface area (Å²) in [6.07, 6.45) is 0.102. The minimum absolute atomic E-state index is 0.119. The first-order valence-corrected chi connectivity index (χ1v) is 7.43. The number of amides is 1. The van der Waals surface area contributed by atoms with E-state index < -0.39 is 22.2 Å². The Morgan fingerprint density at radius 2 is 2.21 bits per heavy atom. The summed E-state index contributed by atoms with van der Waals surface area (Å²) in [5.41, 5.74) is 0. The molecule has 0 spiro atoms. The van der Waals surface area contributed by atoms with Crippen molar-refractivity contribution in [1.82, 2.24) is 13.9 Å². The van der Waals surface area contributed by atoms with Crippen LogP contribution in [-0.2, 0) is 19.8 Å². The van der Waals surface area contributed by atoms with Crippen LogP contribution < -0.4 is 5.32 Å². The molecule has 1 aliphatic rings. The standard InChI is InChI=1S/C10H19N3O5S/c1-3-8-10(16)11-5-7-13(8)19(17,18)12(2)6-4-9(14)15/h8H,3-7H2,1-2H3,(H,11,16)(H,14,15). The second-order valence-electron chi connectivity index (χ2n) is 4.30. The summed E-state index contributed by atoms with van der Waals surface area (Å²) >= 11 is 0. The maximum Gasteiger partial charge on any atom is 0.304 e. The SMILES string of the molecule is CCC1C(=O)NCCN1S(=O)(=O)N(C)CCC(=O)O. The second kappa shape index (κ2) is 6.31. The van der Waals surface area contributed by atoms with Gasteiger partial charge in [0.15, 0.2) is 0 Å². The molecule has 9 heteroatoms. The molecule has 1 rings (SSSR count). The van der Waals surface area contributed by atoms with Gasteiger partial charge in [0, 0.05) is 26.7 Å². The Hall–Kier alpha value is -1.19. The van der Waals surface area contributed by atoms with Gasteiger partial charge in [-0.15, -0.1) is 0 Å². The highest BCUT2D eigenvalue weighted by molar-refractivity contribution is 7.86. The monoisotopic (exact) mass is 293 g/mol. The van der Waals surface area contributed by atoms with Crippen LogP contribution in [0, 0.1) is 0 Å². The number of carboxylic acids is 1. The van der Waals surface area contributed by atoms with Gasteiger partial charge in [-0.1, -0.05) is 6.92 Å². The van der Waals surface area contributed by atoms with Crippen LogP contribution in [-0.4, -0.2) is 66.7 Å². The van der Waals surface area contributed by atoms with E-state index in [1.165, 1.54) is 7.05 Å². The number of rotatable bonds is 6. The molecular formula is C10H19N3O5S. The van der Waals surface area contributed by atoms with E-state index in [-0.39, 0.29) is 32.0 Å². The molecule has 19 heavy (non-hydrogen) atoms. The van der Waals surface area contributed by atoms with Crippen LogP contribution in [0.1, 0.15) is 19.8 Å². The zero-order chi connectivity index (χ0) is 14.6. The van der Waals surface area contributed by atoms with Crippen molar-refractivity contribution in [2.45, 2.75) is 25.8 Å². The molecule has 0 saturated carbocycles. The van der Waals surface area contributed by atoms with Gasteiger partial charge >= 0.3 is 5.97 Å². The molecule has 1 aliphatic heterocycles. The topological polar surface area (TPSA) is 107 Å². The average molecular weight is 293 g/mol. The van der Waals surface area contributed by atoms with E-state index in [0.29, 0.717) is 6.42 Å². The van der Waals surface area contributed by atoms with Crippen molar-refractivity contribution < 1.29 is 23.1 Å². The Labute approximate surface area is 112 Å². The van der Waals surface area contributed by atoms with Gasteiger partial charge in [-0.25, -0.2) is 0 Å². The first-order chi connectivity index (χ1) is 8.80. The Balaban J connectivity index is 2.85. The Morgan fingerprint density at radius 1 is 1.58 bits per heavy atom. The minimum atomic E-state index is -3.81. The maximum absolute atomic E-state index is 12.3. The molecule has 0 aliphatic carbocycles. The molecule has 1 unspecified atom stereocenters. The molecule has 0 aromatic heterocycles. The molecule has 1 saturated heterocycles. The predicted octanol–water partition coefficient (Wildman–Crippen LogP) is -1.15. The number of piperazine rings is 1. The van der Waals surface area contributed by atoms with E-state index in [2.05, 4.69) is 5.32 Å². The van der Waals surface area contributed by atoms with Crippen LogP contribution in [0.2, 0.25) is 0 Å². The van der Waals surface area contributed by atoms with Crippen molar-refractivity contribution >= 4 is 22.1 Å². The minimum Gasteiger partial charge on any atom is -0.481 e. The smallest absolute Gasteiger partial charge is 0.304 e. The van der Waals surface area contributed by atoms with Crippen LogP contribution in [0.5, 0.6) is 0 Å². The molecule has 0 aromatic carbocycles. The van der Waals surface area contributed by atoms with E-state index >= 15 is 0 Å². The van der Waals surface area contributed by atoms with Crippen LogP contribution in [0.25, 0.3) is 0 Å². The van der Waals surface area contributed by atoms with E-state index in [4.69, 9.17) is 5.11 Å². The molecule has 0 radical (unpaired) electrons. The highest BCUT2D eigenvalue weighted by Crippen LogP contribution is 2.16. The lowest BCUT2D eigenvalue weighted by molar-refractivity contribution is -0.137. The van der Waals surface area contributed by atoms with Crippen molar-refractivity contribution in [1.29, 1.82) is 0 Å². The van der Waals surface area contributed by atoms with Crippen LogP contribution in [0.4, 0.5) is 0 Å². The summed E-state index contributed by atoms with van der Waals surface area (Å²) in [6.45, 7) is 2.08. The summed E-state index contributed by atoms with van der Waals surface area (Å²) in [5.74, 6) is -1.38. The molecule has 8 nitrogen and oxygen atoms in total. The second-order valence-corrected chi connectivity index (χ2v) is 6.29. The van der Waals surface area contributed by atoms with Crippen LogP contribution in [0.15, 0.2) is 0 Å².